The van der Waals surface area contributed by atoms with Gasteiger partial charge < -0.3 is 4.98 Å². The van der Waals surface area contributed by atoms with E-state index in [2.05, 4.69) is 15.0 Å². The molecule has 0 aliphatic heterocycles. The van der Waals surface area contributed by atoms with Crippen LogP contribution in [0, 0.1) is 0 Å². The molecule has 0 aliphatic carbocycles. The van der Waals surface area contributed by atoms with Crippen molar-refractivity contribution in [3.63, 3.8) is 0 Å². The summed E-state index contributed by atoms with van der Waals surface area (Å²) < 4.78 is 1.59. The second-order valence-corrected chi connectivity index (χ2v) is 4.19. The number of hydrogen-bond donors (Lipinski definition) is 1. The minimum Gasteiger partial charge on any atom is -0.339 e. The highest BCUT2D eigenvalue weighted by Crippen LogP contribution is 2.10. The molecule has 0 fully saturated rings. The van der Waals surface area contributed by atoms with Crippen LogP contribution >= 0.6 is 0 Å². The fourth-order valence-electron chi connectivity index (χ4n) is 1.31. The van der Waals surface area contributed by atoms with E-state index in [0.717, 1.165) is 0 Å². The van der Waals surface area contributed by atoms with Crippen LogP contribution in [-0.4, -0.2) is 19.5 Å². The molecule has 2 heterocycles. The van der Waals surface area contributed by atoms with Gasteiger partial charge in [-0.1, -0.05) is 13.8 Å². The van der Waals surface area contributed by atoms with Crippen molar-refractivity contribution in [3.05, 3.63) is 23.0 Å². The van der Waals surface area contributed by atoms with Gasteiger partial charge >= 0.3 is 0 Å². The summed E-state index contributed by atoms with van der Waals surface area (Å²) in [5.41, 5.74) is 0.585. The Labute approximate surface area is 94.5 Å². The van der Waals surface area contributed by atoms with Gasteiger partial charge in [0.05, 0.1) is 6.33 Å². The van der Waals surface area contributed by atoms with Crippen LogP contribution < -0.4 is 5.56 Å². The maximum Gasteiger partial charge on any atom is 0.279 e. The first-order chi connectivity index (χ1) is 7.50. The molecule has 1 N–H and O–H groups in total. The van der Waals surface area contributed by atoms with E-state index in [1.165, 1.54) is 12.7 Å². The number of rotatable bonds is 0. The summed E-state index contributed by atoms with van der Waals surface area (Å²) in [4.78, 5) is 22.7. The zero-order valence-electron chi connectivity index (χ0n) is 10.4. The van der Waals surface area contributed by atoms with Crippen molar-refractivity contribution in [1.29, 1.82) is 0 Å². The molecule has 88 valence electrons. The Hall–Kier alpha value is -1.65. The van der Waals surface area contributed by atoms with Gasteiger partial charge in [0.15, 0.2) is 11.2 Å². The van der Waals surface area contributed by atoms with Gasteiger partial charge in [0.25, 0.3) is 5.56 Å². The topological polar surface area (TPSA) is 63.6 Å². The minimum absolute atomic E-state index is 0.0833. The zero-order chi connectivity index (χ0) is 12.3. The molecule has 2 aromatic heterocycles. The molecule has 0 unspecified atom stereocenters. The Morgan fingerprint density at radius 3 is 2.44 bits per heavy atom. The van der Waals surface area contributed by atoms with Crippen LogP contribution in [0.5, 0.6) is 0 Å². The van der Waals surface area contributed by atoms with Gasteiger partial charge in [-0.05, 0) is 20.8 Å². The third kappa shape index (κ3) is 2.13. The molecule has 0 radical (unpaired) electrons. The van der Waals surface area contributed by atoms with E-state index in [9.17, 15) is 4.79 Å². The van der Waals surface area contributed by atoms with Crippen molar-refractivity contribution in [2.24, 2.45) is 0 Å². The number of nitrogens with zero attached hydrogens (tertiary/aromatic N) is 3. The van der Waals surface area contributed by atoms with Crippen molar-refractivity contribution in [2.75, 3.05) is 0 Å². The molecule has 0 aliphatic rings. The Morgan fingerprint density at radius 1 is 1.25 bits per heavy atom. The van der Waals surface area contributed by atoms with Crippen LogP contribution in [0.2, 0.25) is 0 Å². The second-order valence-electron chi connectivity index (χ2n) is 4.19. The first-order valence-corrected chi connectivity index (χ1v) is 5.41. The summed E-state index contributed by atoms with van der Waals surface area (Å²) >= 11 is 0. The molecular weight excluding hydrogens is 204 g/mol. The fourth-order valence-corrected chi connectivity index (χ4v) is 1.31. The highest BCUT2D eigenvalue weighted by molar-refractivity contribution is 5.67. The maximum absolute atomic E-state index is 11.9. The van der Waals surface area contributed by atoms with Gasteiger partial charge in [0.2, 0.25) is 0 Å². The molecule has 0 spiro atoms. The predicted octanol–water partition coefficient (Wildman–Crippen LogP) is 1.90. The molecule has 0 amide bonds. The molecular formula is C11H18N4O. The predicted molar refractivity (Wildman–Crippen MR) is 64.5 cm³/mol. The lowest BCUT2D eigenvalue weighted by molar-refractivity contribution is 0.381. The number of aromatic nitrogens is 4. The van der Waals surface area contributed by atoms with E-state index in [1.807, 2.05) is 34.6 Å². The van der Waals surface area contributed by atoms with Crippen LogP contribution in [0.3, 0.4) is 0 Å². The van der Waals surface area contributed by atoms with E-state index >= 15 is 0 Å². The number of imidazole rings is 1. The van der Waals surface area contributed by atoms with E-state index in [1.54, 1.807) is 4.57 Å². The normalized spacial score (nSPS) is 11.1. The Bertz CT molecular complexity index is 518. The first kappa shape index (κ1) is 12.4. The molecule has 5 nitrogen and oxygen atoms in total. The smallest absolute Gasteiger partial charge is 0.279 e. The van der Waals surface area contributed by atoms with Crippen LogP contribution in [0.15, 0.2) is 17.4 Å². The van der Waals surface area contributed by atoms with Crippen LogP contribution in [0.4, 0.5) is 0 Å². The summed E-state index contributed by atoms with van der Waals surface area (Å²) in [5.74, 6) is 0. The highest BCUT2D eigenvalue weighted by Gasteiger charge is 2.16. The molecule has 0 bridgehead atoms. The summed E-state index contributed by atoms with van der Waals surface area (Å²) in [7, 11) is 0. The molecule has 5 heteroatoms. The Morgan fingerprint density at radius 2 is 1.88 bits per heavy atom. The van der Waals surface area contributed by atoms with Crippen molar-refractivity contribution in [3.8, 4) is 0 Å². The average molecular weight is 222 g/mol. The van der Waals surface area contributed by atoms with E-state index in [0.29, 0.717) is 11.2 Å². The third-order valence-electron chi connectivity index (χ3n) is 2.07. The van der Waals surface area contributed by atoms with Crippen molar-refractivity contribution >= 4 is 11.2 Å². The minimum atomic E-state index is -0.261. The number of fused-ring (bicyclic) bond motifs is 1. The number of aromatic amines is 1. The van der Waals surface area contributed by atoms with Crippen molar-refractivity contribution in [2.45, 2.75) is 40.2 Å². The van der Waals surface area contributed by atoms with Gasteiger partial charge in [0.1, 0.15) is 6.33 Å². The zero-order valence-corrected chi connectivity index (χ0v) is 10.4. The second kappa shape index (κ2) is 4.47. The lowest BCUT2D eigenvalue weighted by atomic mass is 10.1. The molecule has 0 saturated carbocycles. The Kier molecular flexibility index (Phi) is 3.47. The summed E-state index contributed by atoms with van der Waals surface area (Å²) in [5, 5.41) is 0. The monoisotopic (exact) mass is 222 g/mol. The molecule has 2 rings (SSSR count). The largest absolute Gasteiger partial charge is 0.339 e. The molecule has 2 aromatic rings. The molecule has 16 heavy (non-hydrogen) atoms. The van der Waals surface area contributed by atoms with Gasteiger partial charge in [-0.3, -0.25) is 9.36 Å². The quantitative estimate of drug-likeness (QED) is 0.740. The summed E-state index contributed by atoms with van der Waals surface area (Å²) in [6, 6.07) is 0. The first-order valence-electron chi connectivity index (χ1n) is 5.41. The van der Waals surface area contributed by atoms with Crippen LogP contribution in [0.1, 0.15) is 34.6 Å². The van der Waals surface area contributed by atoms with E-state index in [-0.39, 0.29) is 11.1 Å². The Balaban J connectivity index is 0.000000606. The average Bonchev–Trinajstić information content (AvgIpc) is 2.68. The van der Waals surface area contributed by atoms with E-state index < -0.39 is 0 Å². The van der Waals surface area contributed by atoms with Crippen LogP contribution in [0.25, 0.3) is 11.2 Å². The summed E-state index contributed by atoms with van der Waals surface area (Å²) in [6.07, 6.45) is 3.01. The number of H-pyrrole nitrogens is 1. The molecule has 0 aromatic carbocycles. The van der Waals surface area contributed by atoms with Crippen molar-refractivity contribution < 1.29 is 0 Å². The lowest BCUT2D eigenvalue weighted by Gasteiger charge is -2.20. The van der Waals surface area contributed by atoms with Crippen LogP contribution in [-0.2, 0) is 5.54 Å². The van der Waals surface area contributed by atoms with Gasteiger partial charge in [-0.25, -0.2) is 9.97 Å². The molecule has 0 atom stereocenters. The number of nitrogens with one attached hydrogen (secondary N) is 1. The lowest BCUT2D eigenvalue weighted by Crippen LogP contribution is -2.33. The molecule has 0 saturated heterocycles. The van der Waals surface area contributed by atoms with Gasteiger partial charge in [-0.2, -0.15) is 0 Å². The fraction of sp³-hybridized carbons (Fsp3) is 0.545. The van der Waals surface area contributed by atoms with Gasteiger partial charge in [-0.15, -0.1) is 0 Å². The van der Waals surface area contributed by atoms with Gasteiger partial charge in [0, 0.05) is 5.54 Å². The number of hydrogen-bond acceptors (Lipinski definition) is 3. The summed E-state index contributed by atoms with van der Waals surface area (Å²) in [6.45, 7) is 9.87. The van der Waals surface area contributed by atoms with Crippen molar-refractivity contribution in [1.82, 2.24) is 19.5 Å². The standard InChI is InChI=1S/C9H12N4O.C2H6/c1-9(2,3)13-5-12-7-6(8(13)14)10-4-11-7;1-2/h4-5H,1-3H3,(H,10,11);1-2H3. The highest BCUT2D eigenvalue weighted by atomic mass is 16.1. The SMILES string of the molecule is CC.CC(C)(C)n1cnc2nc[nH]c2c1=O. The maximum atomic E-state index is 11.9. The van der Waals surface area contributed by atoms with E-state index in [4.69, 9.17) is 0 Å². The third-order valence-corrected chi connectivity index (χ3v) is 2.07.